The Morgan fingerprint density at radius 1 is 0.944 bits per heavy atom. The van der Waals surface area contributed by atoms with E-state index in [1.807, 2.05) is 39.8 Å². The lowest BCUT2D eigenvalue weighted by atomic mass is 10.2. The van der Waals surface area contributed by atoms with Crippen LogP contribution in [0.4, 0.5) is 0 Å². The maximum atomic E-state index is 5.50. The summed E-state index contributed by atoms with van der Waals surface area (Å²) in [6.07, 6.45) is 6.37. The third-order valence-electron chi connectivity index (χ3n) is 2.07. The molecule has 0 heterocycles. The molecule has 0 unspecified atom stereocenters. The number of rotatable bonds is 7. The second kappa shape index (κ2) is 13.7. The summed E-state index contributed by atoms with van der Waals surface area (Å²) in [5.74, 6) is 1.27. The van der Waals surface area contributed by atoms with Crippen molar-refractivity contribution in [3.05, 3.63) is 35.4 Å². The Kier molecular flexibility index (Phi) is 14.4. The maximum Gasteiger partial charge on any atom is 0.176 e. The topological polar surface area (TPSA) is 44.5 Å². The largest absolute Gasteiger partial charge is 0.490 e. The number of nitrogens with two attached hydrogens (primary N) is 1. The highest BCUT2D eigenvalue weighted by molar-refractivity contribution is 5.25. The van der Waals surface area contributed by atoms with Crippen LogP contribution in [0, 0.1) is 0 Å². The van der Waals surface area contributed by atoms with E-state index in [1.165, 1.54) is 11.8 Å². The van der Waals surface area contributed by atoms with Gasteiger partial charge in [0, 0.05) is 6.20 Å². The first kappa shape index (κ1) is 19.0. The zero-order chi connectivity index (χ0) is 14.4. The highest BCUT2D eigenvalue weighted by atomic mass is 16.5. The SMILES string of the molecule is CC.CCOC(=C/N)/C(=C\C=C(/C)CC)OCC. The Bertz CT molecular complexity index is 278. The molecule has 3 heteroatoms. The maximum absolute atomic E-state index is 5.50. The molecule has 0 saturated carbocycles. The number of hydrogen-bond donors (Lipinski definition) is 1. The van der Waals surface area contributed by atoms with Crippen LogP contribution < -0.4 is 5.73 Å². The summed E-state index contributed by atoms with van der Waals surface area (Å²) in [7, 11) is 0. The quantitative estimate of drug-likeness (QED) is 0.549. The van der Waals surface area contributed by atoms with Crippen LogP contribution in [0.5, 0.6) is 0 Å². The lowest BCUT2D eigenvalue weighted by molar-refractivity contribution is 0.164. The molecule has 0 bridgehead atoms. The lowest BCUT2D eigenvalue weighted by Gasteiger charge is -2.12. The van der Waals surface area contributed by atoms with Crippen molar-refractivity contribution in [3.8, 4) is 0 Å². The molecule has 18 heavy (non-hydrogen) atoms. The average molecular weight is 255 g/mol. The van der Waals surface area contributed by atoms with Crippen LogP contribution in [0.1, 0.15) is 48.0 Å². The van der Waals surface area contributed by atoms with E-state index in [1.54, 1.807) is 0 Å². The number of hydrogen-bond acceptors (Lipinski definition) is 3. The van der Waals surface area contributed by atoms with E-state index in [9.17, 15) is 0 Å². The third kappa shape index (κ3) is 8.74. The number of allylic oxidation sites excluding steroid dienone is 3. The van der Waals surface area contributed by atoms with Gasteiger partial charge in [-0.1, -0.05) is 32.4 Å². The minimum Gasteiger partial charge on any atom is -0.490 e. The van der Waals surface area contributed by atoms with Crippen LogP contribution in [-0.4, -0.2) is 13.2 Å². The molecular formula is C15H29NO2. The van der Waals surface area contributed by atoms with Crippen molar-refractivity contribution in [2.24, 2.45) is 5.73 Å². The van der Waals surface area contributed by atoms with Gasteiger partial charge in [-0.15, -0.1) is 0 Å². The smallest absolute Gasteiger partial charge is 0.176 e. The van der Waals surface area contributed by atoms with E-state index >= 15 is 0 Å². The van der Waals surface area contributed by atoms with E-state index < -0.39 is 0 Å². The summed E-state index contributed by atoms with van der Waals surface area (Å²) in [4.78, 5) is 0. The van der Waals surface area contributed by atoms with Crippen LogP contribution in [-0.2, 0) is 9.47 Å². The Hall–Kier alpha value is -1.38. The summed E-state index contributed by atoms with van der Waals surface area (Å²) in [5.41, 5.74) is 6.78. The zero-order valence-corrected chi connectivity index (χ0v) is 12.7. The van der Waals surface area contributed by atoms with E-state index in [0.29, 0.717) is 24.7 Å². The van der Waals surface area contributed by atoms with E-state index in [4.69, 9.17) is 15.2 Å². The normalized spacial score (nSPS) is 12.7. The Labute approximate surface area is 112 Å². The van der Waals surface area contributed by atoms with E-state index in [2.05, 4.69) is 13.8 Å². The van der Waals surface area contributed by atoms with Gasteiger partial charge in [0.25, 0.3) is 0 Å². The zero-order valence-electron chi connectivity index (χ0n) is 12.7. The minimum atomic E-state index is 0.573. The second-order valence-corrected chi connectivity index (χ2v) is 3.29. The van der Waals surface area contributed by atoms with Gasteiger partial charge in [-0.25, -0.2) is 0 Å². The summed E-state index contributed by atoms with van der Waals surface area (Å²) in [6, 6.07) is 0. The van der Waals surface area contributed by atoms with Crippen molar-refractivity contribution < 1.29 is 9.47 Å². The van der Waals surface area contributed by atoms with E-state index in [-0.39, 0.29) is 0 Å². The molecule has 0 fully saturated rings. The van der Waals surface area contributed by atoms with Gasteiger partial charge in [-0.2, -0.15) is 0 Å². The van der Waals surface area contributed by atoms with Crippen LogP contribution >= 0.6 is 0 Å². The van der Waals surface area contributed by atoms with Gasteiger partial charge in [0.05, 0.1) is 13.2 Å². The van der Waals surface area contributed by atoms with Crippen molar-refractivity contribution in [1.29, 1.82) is 0 Å². The summed E-state index contributed by atoms with van der Waals surface area (Å²) < 4.78 is 10.9. The summed E-state index contributed by atoms with van der Waals surface area (Å²) in [5, 5.41) is 0. The first-order chi connectivity index (χ1) is 8.69. The van der Waals surface area contributed by atoms with Crippen LogP contribution in [0.3, 0.4) is 0 Å². The lowest BCUT2D eigenvalue weighted by Crippen LogP contribution is -2.03. The van der Waals surface area contributed by atoms with Crippen molar-refractivity contribution in [3.63, 3.8) is 0 Å². The molecule has 0 amide bonds. The van der Waals surface area contributed by atoms with Gasteiger partial charge in [0.15, 0.2) is 11.5 Å². The molecule has 0 aromatic carbocycles. The molecular weight excluding hydrogens is 226 g/mol. The van der Waals surface area contributed by atoms with Gasteiger partial charge < -0.3 is 15.2 Å². The first-order valence-corrected chi connectivity index (χ1v) is 6.74. The highest BCUT2D eigenvalue weighted by Crippen LogP contribution is 2.13. The molecule has 0 aromatic rings. The molecule has 0 saturated heterocycles. The molecule has 0 aromatic heterocycles. The molecule has 0 aliphatic rings. The second-order valence-electron chi connectivity index (χ2n) is 3.29. The summed E-state index contributed by atoms with van der Waals surface area (Å²) >= 11 is 0. The fourth-order valence-corrected chi connectivity index (χ4v) is 1.05. The summed E-state index contributed by atoms with van der Waals surface area (Å²) in [6.45, 7) is 13.2. The Morgan fingerprint density at radius 3 is 1.83 bits per heavy atom. The van der Waals surface area contributed by atoms with Crippen molar-refractivity contribution in [1.82, 2.24) is 0 Å². The predicted molar refractivity (Wildman–Crippen MR) is 79.0 cm³/mol. The van der Waals surface area contributed by atoms with Crippen LogP contribution in [0.15, 0.2) is 35.4 Å². The number of ether oxygens (including phenoxy) is 2. The van der Waals surface area contributed by atoms with Gasteiger partial charge in [0.1, 0.15) is 0 Å². The Balaban J connectivity index is 0. The Morgan fingerprint density at radius 2 is 1.44 bits per heavy atom. The monoisotopic (exact) mass is 255 g/mol. The van der Waals surface area contributed by atoms with Gasteiger partial charge >= 0.3 is 0 Å². The fourth-order valence-electron chi connectivity index (χ4n) is 1.05. The van der Waals surface area contributed by atoms with Crippen LogP contribution in [0.25, 0.3) is 0 Å². The molecule has 3 nitrogen and oxygen atoms in total. The van der Waals surface area contributed by atoms with E-state index in [0.717, 1.165) is 6.42 Å². The molecule has 2 N–H and O–H groups in total. The molecule has 0 atom stereocenters. The average Bonchev–Trinajstić information content (AvgIpc) is 2.42. The van der Waals surface area contributed by atoms with Gasteiger partial charge in [-0.3, -0.25) is 0 Å². The third-order valence-corrected chi connectivity index (χ3v) is 2.07. The predicted octanol–water partition coefficient (Wildman–Crippen LogP) is 4.13. The molecule has 0 radical (unpaired) electrons. The molecule has 0 aliphatic heterocycles. The van der Waals surface area contributed by atoms with Crippen molar-refractivity contribution >= 4 is 0 Å². The minimum absolute atomic E-state index is 0.573. The first-order valence-electron chi connectivity index (χ1n) is 6.74. The fraction of sp³-hybridized carbons (Fsp3) is 0.600. The van der Waals surface area contributed by atoms with Gasteiger partial charge in [-0.05, 0) is 33.3 Å². The molecule has 0 aliphatic carbocycles. The standard InChI is InChI=1S/C13H23NO2.C2H6/c1-5-11(4)8-9-12(15-6-2)13(10-14)16-7-3;1-2/h8-10H,5-7,14H2,1-4H3;1-2H3/b11-8+,12-9+,13-10+;. The van der Waals surface area contributed by atoms with Crippen LogP contribution in [0.2, 0.25) is 0 Å². The molecule has 0 rings (SSSR count). The van der Waals surface area contributed by atoms with Crippen molar-refractivity contribution in [2.45, 2.75) is 48.0 Å². The molecule has 106 valence electrons. The van der Waals surface area contributed by atoms with Gasteiger partial charge in [0.2, 0.25) is 0 Å². The highest BCUT2D eigenvalue weighted by Gasteiger charge is 2.05. The van der Waals surface area contributed by atoms with Crippen molar-refractivity contribution in [2.75, 3.05) is 13.2 Å². The molecule has 0 spiro atoms.